The number of anilines is 2. The van der Waals surface area contributed by atoms with Gasteiger partial charge in [-0.2, -0.15) is 10.1 Å². The molecule has 1 atom stereocenters. The maximum absolute atomic E-state index is 12.0. The van der Waals surface area contributed by atoms with Gasteiger partial charge in [0.15, 0.2) is 5.65 Å². The monoisotopic (exact) mass is 525 g/mol. The summed E-state index contributed by atoms with van der Waals surface area (Å²) in [5, 5.41) is 12.7. The van der Waals surface area contributed by atoms with Crippen LogP contribution >= 0.6 is 0 Å². The zero-order chi connectivity index (χ0) is 26.4. The van der Waals surface area contributed by atoms with E-state index in [2.05, 4.69) is 25.4 Å². The number of benzene rings is 1. The highest BCUT2D eigenvalue weighted by Gasteiger charge is 2.29. The van der Waals surface area contributed by atoms with Crippen molar-refractivity contribution in [1.29, 1.82) is 0 Å². The Morgan fingerprint density at radius 2 is 2.05 bits per heavy atom. The molecule has 37 heavy (non-hydrogen) atoms. The number of carbonyl (C=O) groups excluding carboxylic acids is 1. The van der Waals surface area contributed by atoms with E-state index >= 15 is 0 Å². The molecule has 0 saturated carbocycles. The number of imidazole rings is 1. The Bertz CT molecular complexity index is 1590. The van der Waals surface area contributed by atoms with Crippen molar-refractivity contribution in [2.45, 2.75) is 49.8 Å². The Kier molecular flexibility index (Phi) is 6.17. The summed E-state index contributed by atoms with van der Waals surface area (Å²) in [5.41, 5.74) is 7.05. The van der Waals surface area contributed by atoms with E-state index in [1.165, 1.54) is 16.8 Å². The summed E-state index contributed by atoms with van der Waals surface area (Å²) in [4.78, 5) is 25.8. The normalized spacial score (nSPS) is 16.7. The summed E-state index contributed by atoms with van der Waals surface area (Å²) in [6.07, 6.45) is 7.52. The van der Waals surface area contributed by atoms with Crippen LogP contribution in [0.15, 0.2) is 47.9 Å². The van der Waals surface area contributed by atoms with Gasteiger partial charge in [-0.05, 0) is 51.3 Å². The number of rotatable bonds is 7. The van der Waals surface area contributed by atoms with E-state index in [0.29, 0.717) is 34.7 Å². The second-order valence-electron chi connectivity index (χ2n) is 9.34. The van der Waals surface area contributed by atoms with Gasteiger partial charge >= 0.3 is 0 Å². The molecule has 0 bridgehead atoms. The number of primary sulfonamides is 1. The third-order valence-electron chi connectivity index (χ3n) is 6.34. The quantitative estimate of drug-likeness (QED) is 0.324. The lowest BCUT2D eigenvalue weighted by Crippen LogP contribution is -2.41. The number of aromatic nitrogens is 6. The second-order valence-corrected chi connectivity index (χ2v) is 10.9. The molecular formula is C23H27N9O4S. The van der Waals surface area contributed by atoms with E-state index in [4.69, 9.17) is 15.6 Å². The number of amides is 1. The minimum atomic E-state index is -3.89. The number of carbonyl (C=O) groups is 1. The maximum atomic E-state index is 12.0. The SMILES string of the molecule is CC(C)(C(N)=O)n1cc(-c2nc(Nc3cccc(S(N)(=O)=O)c3)nc3c2ncn3C2CCCCO2)cn1. The first kappa shape index (κ1) is 24.8. The minimum absolute atomic E-state index is 0.0468. The number of sulfonamides is 1. The lowest BCUT2D eigenvalue weighted by Gasteiger charge is -2.23. The number of nitrogens with zero attached hydrogens (tertiary/aromatic N) is 6. The Morgan fingerprint density at radius 1 is 1.24 bits per heavy atom. The van der Waals surface area contributed by atoms with Gasteiger partial charge in [0, 0.05) is 24.1 Å². The van der Waals surface area contributed by atoms with Crippen LogP contribution < -0.4 is 16.2 Å². The molecule has 1 amide bonds. The molecule has 0 aliphatic carbocycles. The topological polar surface area (TPSA) is 186 Å². The van der Waals surface area contributed by atoms with E-state index in [1.807, 2.05) is 4.57 Å². The lowest BCUT2D eigenvalue weighted by atomic mass is 10.1. The highest BCUT2D eigenvalue weighted by Crippen LogP contribution is 2.32. The van der Waals surface area contributed by atoms with E-state index in [0.717, 1.165) is 19.3 Å². The molecule has 1 saturated heterocycles. The predicted octanol–water partition coefficient (Wildman–Crippen LogP) is 2.00. The fourth-order valence-corrected chi connectivity index (χ4v) is 4.63. The maximum Gasteiger partial charge on any atom is 0.244 e. The van der Waals surface area contributed by atoms with Gasteiger partial charge in [0.2, 0.25) is 21.9 Å². The van der Waals surface area contributed by atoms with Crippen molar-refractivity contribution in [3.05, 3.63) is 43.0 Å². The fourth-order valence-electron chi connectivity index (χ4n) is 4.07. The van der Waals surface area contributed by atoms with Gasteiger partial charge in [-0.15, -0.1) is 0 Å². The van der Waals surface area contributed by atoms with Crippen LogP contribution in [0.2, 0.25) is 0 Å². The van der Waals surface area contributed by atoms with Crippen molar-refractivity contribution < 1.29 is 17.9 Å². The summed E-state index contributed by atoms with van der Waals surface area (Å²) >= 11 is 0. The molecule has 5 rings (SSSR count). The zero-order valence-corrected chi connectivity index (χ0v) is 21.1. The zero-order valence-electron chi connectivity index (χ0n) is 20.3. The van der Waals surface area contributed by atoms with Crippen LogP contribution in [-0.2, 0) is 25.1 Å². The summed E-state index contributed by atoms with van der Waals surface area (Å²) in [6.45, 7) is 3.98. The predicted molar refractivity (Wildman–Crippen MR) is 135 cm³/mol. The first-order chi connectivity index (χ1) is 17.5. The standard InChI is InChI=1S/C23H27N9O4S/c1-23(2,21(24)33)32-12-14(11-27-32)18-19-20(31(13-26-19)17-8-3-4-9-36-17)30-22(29-18)28-15-6-5-7-16(10-15)37(25,34)35/h5-7,10-13,17H,3-4,8-9H2,1-2H3,(H2,24,33)(H2,25,34,35)(H,28,29,30). The average Bonchev–Trinajstić information content (AvgIpc) is 3.52. The van der Waals surface area contributed by atoms with Gasteiger partial charge in [-0.3, -0.25) is 14.0 Å². The number of hydrogen-bond acceptors (Lipinski definition) is 9. The molecule has 14 heteroatoms. The highest BCUT2D eigenvalue weighted by atomic mass is 32.2. The van der Waals surface area contributed by atoms with Crippen LogP contribution in [-0.4, -0.2) is 50.2 Å². The van der Waals surface area contributed by atoms with Crippen LogP contribution in [0.25, 0.3) is 22.4 Å². The van der Waals surface area contributed by atoms with Crippen LogP contribution in [0.4, 0.5) is 11.6 Å². The van der Waals surface area contributed by atoms with Crippen molar-refractivity contribution in [2.24, 2.45) is 10.9 Å². The van der Waals surface area contributed by atoms with E-state index < -0.39 is 21.5 Å². The van der Waals surface area contributed by atoms with Gasteiger partial charge < -0.3 is 15.8 Å². The fraction of sp³-hybridized carbons (Fsp3) is 0.348. The number of fused-ring (bicyclic) bond motifs is 1. The molecule has 4 heterocycles. The van der Waals surface area contributed by atoms with Gasteiger partial charge in [-0.25, -0.2) is 23.5 Å². The highest BCUT2D eigenvalue weighted by molar-refractivity contribution is 7.89. The van der Waals surface area contributed by atoms with Gasteiger partial charge in [-0.1, -0.05) is 6.07 Å². The molecule has 194 valence electrons. The summed E-state index contributed by atoms with van der Waals surface area (Å²) < 4.78 is 32.9. The number of nitrogens with one attached hydrogen (secondary N) is 1. The minimum Gasteiger partial charge on any atom is -0.368 e. The van der Waals surface area contributed by atoms with Crippen LogP contribution in [0, 0.1) is 0 Å². The molecule has 3 aromatic heterocycles. The first-order valence-electron chi connectivity index (χ1n) is 11.7. The Hall–Kier alpha value is -3.88. The third-order valence-corrected chi connectivity index (χ3v) is 7.25. The second kappa shape index (κ2) is 9.21. The van der Waals surface area contributed by atoms with Crippen LogP contribution in [0.3, 0.4) is 0 Å². The third kappa shape index (κ3) is 4.77. The Balaban J connectivity index is 1.63. The Labute approximate surface area is 212 Å². The molecule has 1 aliphatic rings. The van der Waals surface area contributed by atoms with E-state index in [1.54, 1.807) is 44.7 Å². The molecule has 1 aliphatic heterocycles. The van der Waals surface area contributed by atoms with Crippen molar-refractivity contribution in [1.82, 2.24) is 29.3 Å². The van der Waals surface area contributed by atoms with Crippen LogP contribution in [0.5, 0.6) is 0 Å². The lowest BCUT2D eigenvalue weighted by molar-refractivity contribution is -0.125. The number of ether oxygens (including phenoxy) is 1. The van der Waals surface area contributed by atoms with Crippen LogP contribution in [0.1, 0.15) is 39.3 Å². The first-order valence-corrected chi connectivity index (χ1v) is 13.2. The van der Waals surface area contributed by atoms with Crippen molar-refractivity contribution in [3.63, 3.8) is 0 Å². The summed E-state index contributed by atoms with van der Waals surface area (Å²) in [6, 6.07) is 6.05. The molecule has 1 fully saturated rings. The van der Waals surface area contributed by atoms with E-state index in [9.17, 15) is 13.2 Å². The summed E-state index contributed by atoms with van der Waals surface area (Å²) in [5.74, 6) is -0.334. The molecule has 1 aromatic carbocycles. The smallest absolute Gasteiger partial charge is 0.244 e. The largest absolute Gasteiger partial charge is 0.368 e. The number of hydrogen-bond donors (Lipinski definition) is 3. The molecule has 1 unspecified atom stereocenters. The van der Waals surface area contributed by atoms with Gasteiger partial charge in [0.25, 0.3) is 0 Å². The van der Waals surface area contributed by atoms with Crippen molar-refractivity contribution in [3.8, 4) is 11.3 Å². The molecule has 13 nitrogen and oxygen atoms in total. The molecule has 0 spiro atoms. The molecule has 0 radical (unpaired) electrons. The molecule has 5 N–H and O–H groups in total. The molecule has 4 aromatic rings. The summed E-state index contributed by atoms with van der Waals surface area (Å²) in [7, 11) is -3.89. The van der Waals surface area contributed by atoms with Crippen molar-refractivity contribution >= 4 is 38.7 Å². The Morgan fingerprint density at radius 3 is 2.76 bits per heavy atom. The van der Waals surface area contributed by atoms with Gasteiger partial charge in [0.05, 0.1) is 17.4 Å². The average molecular weight is 526 g/mol. The number of nitrogens with two attached hydrogens (primary N) is 2. The molecular weight excluding hydrogens is 498 g/mol. The van der Waals surface area contributed by atoms with Crippen molar-refractivity contribution in [2.75, 3.05) is 11.9 Å². The number of primary amides is 1. The van der Waals surface area contributed by atoms with E-state index in [-0.39, 0.29) is 17.1 Å². The van der Waals surface area contributed by atoms with Gasteiger partial charge in [0.1, 0.15) is 23.0 Å².